The lowest BCUT2D eigenvalue weighted by Gasteiger charge is -2.03. The molecule has 0 saturated heterocycles. The van der Waals surface area contributed by atoms with E-state index in [0.29, 0.717) is 19.7 Å². The Morgan fingerprint density at radius 1 is 1.42 bits per heavy atom. The molecule has 0 fully saturated rings. The van der Waals surface area contributed by atoms with Crippen molar-refractivity contribution in [3.05, 3.63) is 34.0 Å². The normalized spacial score (nSPS) is 12.6. The largest absolute Gasteiger partial charge is 0.394 e. The first-order valence-corrected chi connectivity index (χ1v) is 7.59. The Morgan fingerprint density at radius 3 is 2.74 bits per heavy atom. The number of aliphatic hydroxyl groups is 2. The zero-order valence-electron chi connectivity index (χ0n) is 9.69. The van der Waals surface area contributed by atoms with Gasteiger partial charge in [-0.2, -0.15) is 0 Å². The molecule has 1 heterocycles. The van der Waals surface area contributed by atoms with Gasteiger partial charge in [-0.1, -0.05) is 23.1 Å². The molecule has 0 aliphatic rings. The highest BCUT2D eigenvalue weighted by atomic mass is 32.2. The second-order valence-electron chi connectivity index (χ2n) is 3.67. The van der Waals surface area contributed by atoms with Gasteiger partial charge in [-0.3, -0.25) is 0 Å². The first-order valence-electron chi connectivity index (χ1n) is 5.38. The van der Waals surface area contributed by atoms with E-state index < -0.39 is 6.10 Å². The Balaban J connectivity index is 2.17. The predicted octanol–water partition coefficient (Wildman–Crippen LogP) is 2.25. The van der Waals surface area contributed by atoms with E-state index >= 15 is 0 Å². The number of aliphatic hydroxyl groups excluding tert-OH is 2. The van der Waals surface area contributed by atoms with Crippen molar-refractivity contribution in [2.45, 2.75) is 10.4 Å². The van der Waals surface area contributed by atoms with E-state index in [9.17, 15) is 9.50 Å². The van der Waals surface area contributed by atoms with E-state index in [0.717, 1.165) is 0 Å². The van der Waals surface area contributed by atoms with Crippen LogP contribution in [0.15, 0.2) is 28.6 Å². The monoisotopic (exact) mass is 318 g/mol. The molecule has 4 nitrogen and oxygen atoms in total. The van der Waals surface area contributed by atoms with Crippen molar-refractivity contribution >= 4 is 35.3 Å². The molecule has 2 aromatic rings. The highest BCUT2D eigenvalue weighted by Gasteiger charge is 2.09. The standard InChI is InChI=1S/C11H11FN2O2S3/c12-7-1-3-8(4-2-7)14-11(17)19-10(13-14)18-6-9(16)5-15/h1-4,9,15-16H,5-6H2. The Hall–Kier alpha value is -0.800. The summed E-state index contributed by atoms with van der Waals surface area (Å²) in [6.45, 7) is -0.281. The van der Waals surface area contributed by atoms with Gasteiger partial charge in [0.2, 0.25) is 0 Å². The number of thioether (sulfide) groups is 1. The highest BCUT2D eigenvalue weighted by Crippen LogP contribution is 2.24. The quantitative estimate of drug-likeness (QED) is 0.654. The van der Waals surface area contributed by atoms with Crippen molar-refractivity contribution < 1.29 is 14.6 Å². The molecule has 0 saturated carbocycles. The molecule has 1 aromatic heterocycles. The van der Waals surface area contributed by atoms with Crippen LogP contribution in [-0.4, -0.2) is 38.5 Å². The van der Waals surface area contributed by atoms with Gasteiger partial charge in [-0.25, -0.2) is 9.07 Å². The smallest absolute Gasteiger partial charge is 0.184 e. The predicted molar refractivity (Wildman–Crippen MR) is 76.0 cm³/mol. The van der Waals surface area contributed by atoms with Crippen LogP contribution < -0.4 is 0 Å². The van der Waals surface area contributed by atoms with Crippen LogP contribution in [0, 0.1) is 9.77 Å². The van der Waals surface area contributed by atoms with E-state index in [-0.39, 0.29) is 12.4 Å². The second-order valence-corrected chi connectivity index (χ2v) is 6.56. The number of aromatic nitrogens is 2. The molecule has 2 N–H and O–H groups in total. The zero-order valence-corrected chi connectivity index (χ0v) is 12.1. The van der Waals surface area contributed by atoms with E-state index in [1.807, 2.05) is 0 Å². The van der Waals surface area contributed by atoms with Crippen LogP contribution >= 0.6 is 35.3 Å². The number of rotatable bonds is 5. The Labute approximate surface area is 122 Å². The summed E-state index contributed by atoms with van der Waals surface area (Å²) in [5.41, 5.74) is 0.692. The topological polar surface area (TPSA) is 58.3 Å². The number of hydrogen-bond acceptors (Lipinski definition) is 6. The molecule has 0 bridgehead atoms. The summed E-state index contributed by atoms with van der Waals surface area (Å²) < 4.78 is 15.6. The Morgan fingerprint density at radius 2 is 2.11 bits per heavy atom. The van der Waals surface area contributed by atoms with Gasteiger partial charge in [0.15, 0.2) is 8.29 Å². The summed E-state index contributed by atoms with van der Waals surface area (Å²) in [5, 5.41) is 22.3. The van der Waals surface area contributed by atoms with Crippen molar-refractivity contribution in [3.8, 4) is 5.69 Å². The van der Waals surface area contributed by atoms with E-state index in [1.165, 1.54) is 35.2 Å². The number of benzene rings is 1. The third-order valence-electron chi connectivity index (χ3n) is 2.21. The third-order valence-corrected chi connectivity index (χ3v) is 4.72. The molecule has 0 aliphatic carbocycles. The molecule has 0 radical (unpaired) electrons. The summed E-state index contributed by atoms with van der Waals surface area (Å²) in [6, 6.07) is 5.89. The summed E-state index contributed by atoms with van der Waals surface area (Å²) in [7, 11) is 0. The maximum Gasteiger partial charge on any atom is 0.184 e. The zero-order chi connectivity index (χ0) is 13.8. The summed E-state index contributed by atoms with van der Waals surface area (Å²) in [6.07, 6.45) is -0.776. The van der Waals surface area contributed by atoms with Gasteiger partial charge in [-0.15, -0.1) is 5.10 Å². The van der Waals surface area contributed by atoms with E-state index in [4.69, 9.17) is 17.3 Å². The van der Waals surface area contributed by atoms with Crippen LogP contribution in [-0.2, 0) is 0 Å². The molecule has 1 unspecified atom stereocenters. The van der Waals surface area contributed by atoms with Crippen molar-refractivity contribution in [1.29, 1.82) is 0 Å². The van der Waals surface area contributed by atoms with Gasteiger partial charge >= 0.3 is 0 Å². The summed E-state index contributed by atoms with van der Waals surface area (Å²) in [5.74, 6) is 0.0357. The molecule has 102 valence electrons. The Bertz CT molecular complexity index is 597. The summed E-state index contributed by atoms with van der Waals surface area (Å²) in [4.78, 5) is 0. The van der Waals surface area contributed by atoms with Crippen molar-refractivity contribution in [3.63, 3.8) is 0 Å². The van der Waals surface area contributed by atoms with Gasteiger partial charge in [-0.05, 0) is 36.5 Å². The lowest BCUT2D eigenvalue weighted by molar-refractivity contribution is 0.113. The average Bonchev–Trinajstić information content (AvgIpc) is 2.78. The van der Waals surface area contributed by atoms with Gasteiger partial charge in [0.25, 0.3) is 0 Å². The number of hydrogen-bond donors (Lipinski definition) is 2. The molecule has 2 rings (SSSR count). The number of nitrogens with zero attached hydrogens (tertiary/aromatic N) is 2. The van der Waals surface area contributed by atoms with E-state index in [1.54, 1.807) is 16.8 Å². The first-order chi connectivity index (χ1) is 9.10. The SMILES string of the molecule is OCC(O)CSc1nn(-c2ccc(F)cc2)c(=S)s1. The lowest BCUT2D eigenvalue weighted by atomic mass is 10.3. The molecular formula is C11H11FN2O2S3. The number of halogens is 1. The Kier molecular flexibility index (Phi) is 5.06. The van der Waals surface area contributed by atoms with Crippen molar-refractivity contribution in [2.75, 3.05) is 12.4 Å². The fourth-order valence-electron chi connectivity index (χ4n) is 1.28. The van der Waals surface area contributed by atoms with Gasteiger partial charge in [0, 0.05) is 5.75 Å². The molecule has 0 amide bonds. The van der Waals surface area contributed by atoms with Crippen LogP contribution in [0.3, 0.4) is 0 Å². The van der Waals surface area contributed by atoms with E-state index in [2.05, 4.69) is 5.10 Å². The lowest BCUT2D eigenvalue weighted by Crippen LogP contribution is -2.14. The molecule has 0 spiro atoms. The van der Waals surface area contributed by atoms with Crippen LogP contribution in [0.4, 0.5) is 4.39 Å². The minimum Gasteiger partial charge on any atom is -0.394 e. The molecule has 1 aromatic carbocycles. The maximum absolute atomic E-state index is 12.8. The fourth-order valence-corrected chi connectivity index (χ4v) is 3.59. The van der Waals surface area contributed by atoms with Crippen LogP contribution in [0.2, 0.25) is 0 Å². The summed E-state index contributed by atoms with van der Waals surface area (Å²) >= 11 is 7.83. The minimum atomic E-state index is -0.776. The van der Waals surface area contributed by atoms with Gasteiger partial charge in [0.1, 0.15) is 5.82 Å². The molecule has 8 heteroatoms. The molecule has 0 aliphatic heterocycles. The average molecular weight is 318 g/mol. The van der Waals surface area contributed by atoms with Crippen molar-refractivity contribution in [2.24, 2.45) is 0 Å². The van der Waals surface area contributed by atoms with Crippen molar-refractivity contribution in [1.82, 2.24) is 9.78 Å². The molecule has 1 atom stereocenters. The fraction of sp³-hybridized carbons (Fsp3) is 0.273. The third kappa shape index (κ3) is 3.83. The van der Waals surface area contributed by atoms with Gasteiger partial charge in [0.05, 0.1) is 18.4 Å². The highest BCUT2D eigenvalue weighted by molar-refractivity contribution is 8.01. The van der Waals surface area contributed by atoms with Crippen LogP contribution in [0.1, 0.15) is 0 Å². The molecular weight excluding hydrogens is 307 g/mol. The van der Waals surface area contributed by atoms with Crippen LogP contribution in [0.25, 0.3) is 5.69 Å². The first kappa shape index (κ1) is 14.6. The van der Waals surface area contributed by atoms with Gasteiger partial charge < -0.3 is 10.2 Å². The second kappa shape index (κ2) is 6.58. The molecule has 19 heavy (non-hydrogen) atoms. The maximum atomic E-state index is 12.8. The van der Waals surface area contributed by atoms with Crippen LogP contribution in [0.5, 0.6) is 0 Å². The minimum absolute atomic E-state index is 0.281.